The van der Waals surface area contributed by atoms with Crippen LogP contribution in [0.5, 0.6) is 0 Å². The smallest absolute Gasteiger partial charge is 0.104 e. The SMILES string of the molecule is CCC(C)(CC1CO1)OCC(C)C(C)(CC)OCC1CO1. The van der Waals surface area contributed by atoms with Gasteiger partial charge in [-0.05, 0) is 26.7 Å². The van der Waals surface area contributed by atoms with Gasteiger partial charge in [-0.15, -0.1) is 0 Å². The van der Waals surface area contributed by atoms with Crippen molar-refractivity contribution in [3.8, 4) is 0 Å². The fourth-order valence-corrected chi connectivity index (χ4v) is 2.52. The zero-order valence-corrected chi connectivity index (χ0v) is 14.3. The van der Waals surface area contributed by atoms with Crippen LogP contribution in [0.3, 0.4) is 0 Å². The van der Waals surface area contributed by atoms with Crippen molar-refractivity contribution in [2.45, 2.75) is 77.3 Å². The Labute approximate surface area is 129 Å². The van der Waals surface area contributed by atoms with Crippen molar-refractivity contribution in [1.29, 1.82) is 0 Å². The normalized spacial score (nSPS) is 31.3. The van der Waals surface area contributed by atoms with Crippen molar-refractivity contribution in [2.75, 3.05) is 26.4 Å². The van der Waals surface area contributed by atoms with Crippen molar-refractivity contribution in [1.82, 2.24) is 0 Å². The maximum Gasteiger partial charge on any atom is 0.104 e. The van der Waals surface area contributed by atoms with Gasteiger partial charge >= 0.3 is 0 Å². The molecule has 2 aliphatic heterocycles. The average molecular weight is 300 g/mol. The second-order valence-electron chi connectivity index (χ2n) is 7.11. The van der Waals surface area contributed by atoms with Crippen LogP contribution >= 0.6 is 0 Å². The van der Waals surface area contributed by atoms with E-state index in [4.69, 9.17) is 18.9 Å². The summed E-state index contributed by atoms with van der Waals surface area (Å²) in [6, 6.07) is 0. The maximum atomic E-state index is 6.27. The molecule has 0 radical (unpaired) electrons. The van der Waals surface area contributed by atoms with Crippen LogP contribution < -0.4 is 0 Å². The summed E-state index contributed by atoms with van der Waals surface area (Å²) in [4.78, 5) is 0. The average Bonchev–Trinajstić information content (AvgIpc) is 3.36. The third kappa shape index (κ3) is 5.20. The van der Waals surface area contributed by atoms with E-state index in [-0.39, 0.29) is 11.2 Å². The van der Waals surface area contributed by atoms with Crippen LogP contribution in [0, 0.1) is 5.92 Å². The van der Waals surface area contributed by atoms with Gasteiger partial charge in [0.15, 0.2) is 0 Å². The van der Waals surface area contributed by atoms with Gasteiger partial charge in [0.2, 0.25) is 0 Å². The van der Waals surface area contributed by atoms with Crippen LogP contribution in [0.15, 0.2) is 0 Å². The van der Waals surface area contributed by atoms with Crippen molar-refractivity contribution in [3.05, 3.63) is 0 Å². The van der Waals surface area contributed by atoms with Crippen LogP contribution in [-0.4, -0.2) is 49.8 Å². The van der Waals surface area contributed by atoms with E-state index in [2.05, 4.69) is 34.6 Å². The summed E-state index contributed by atoms with van der Waals surface area (Å²) in [5.74, 6) is 0.354. The lowest BCUT2D eigenvalue weighted by atomic mass is 9.88. The van der Waals surface area contributed by atoms with Crippen LogP contribution in [0.1, 0.15) is 53.9 Å². The van der Waals surface area contributed by atoms with Gasteiger partial charge in [0, 0.05) is 12.3 Å². The molecule has 2 rings (SSSR count). The van der Waals surface area contributed by atoms with Crippen molar-refractivity contribution < 1.29 is 18.9 Å². The summed E-state index contributed by atoms with van der Waals surface area (Å²) in [6.45, 7) is 14.2. The topological polar surface area (TPSA) is 43.5 Å². The molecule has 0 N–H and O–H groups in total. The molecule has 4 heteroatoms. The Bertz CT molecular complexity index is 327. The Morgan fingerprint density at radius 1 is 1.05 bits per heavy atom. The van der Waals surface area contributed by atoms with Gasteiger partial charge in [-0.1, -0.05) is 20.8 Å². The standard InChI is InChI=1S/C17H32O4/c1-6-16(4,8-14-10-18-14)20-9-13(3)17(5,7-2)21-12-15-11-19-15/h13-15H,6-12H2,1-5H3. The molecule has 2 aliphatic rings. The molecule has 0 aromatic rings. The molecular formula is C17H32O4. The molecule has 4 nitrogen and oxygen atoms in total. The first-order chi connectivity index (χ1) is 9.91. The van der Waals surface area contributed by atoms with Crippen molar-refractivity contribution >= 4 is 0 Å². The molecule has 5 atom stereocenters. The van der Waals surface area contributed by atoms with E-state index in [0.29, 0.717) is 24.7 Å². The Hall–Kier alpha value is -0.160. The molecule has 21 heavy (non-hydrogen) atoms. The predicted octanol–water partition coefficient (Wildman–Crippen LogP) is 3.18. The molecule has 0 saturated carbocycles. The quantitative estimate of drug-likeness (QED) is 0.550. The second kappa shape index (κ2) is 6.95. The molecule has 5 unspecified atom stereocenters. The first-order valence-corrected chi connectivity index (χ1v) is 8.42. The number of epoxide rings is 2. The molecule has 0 aromatic heterocycles. The van der Waals surface area contributed by atoms with Crippen LogP contribution in [-0.2, 0) is 18.9 Å². The molecule has 0 spiro atoms. The third-order valence-corrected chi connectivity index (χ3v) is 5.24. The Balaban J connectivity index is 1.80. The van der Waals surface area contributed by atoms with Crippen LogP contribution in [0.2, 0.25) is 0 Å². The largest absolute Gasteiger partial charge is 0.375 e. The highest BCUT2D eigenvalue weighted by atomic mass is 16.6. The number of hydrogen-bond acceptors (Lipinski definition) is 4. The summed E-state index contributed by atoms with van der Waals surface area (Å²) < 4.78 is 23.0. The van der Waals surface area contributed by atoms with Gasteiger partial charge in [0.05, 0.1) is 43.7 Å². The fourth-order valence-electron chi connectivity index (χ4n) is 2.52. The van der Waals surface area contributed by atoms with E-state index < -0.39 is 0 Å². The summed E-state index contributed by atoms with van der Waals surface area (Å²) in [7, 11) is 0. The first kappa shape index (κ1) is 17.2. The minimum atomic E-state index is -0.142. The summed E-state index contributed by atoms with van der Waals surface area (Å²) in [5, 5.41) is 0. The number of ether oxygens (including phenoxy) is 4. The molecule has 0 aliphatic carbocycles. The zero-order valence-electron chi connectivity index (χ0n) is 14.3. The van der Waals surface area contributed by atoms with E-state index >= 15 is 0 Å². The fraction of sp³-hybridized carbons (Fsp3) is 1.00. The minimum Gasteiger partial charge on any atom is -0.375 e. The number of rotatable bonds is 11. The molecule has 0 bridgehead atoms. The lowest BCUT2D eigenvalue weighted by molar-refractivity contribution is -0.125. The first-order valence-electron chi connectivity index (χ1n) is 8.42. The summed E-state index contributed by atoms with van der Waals surface area (Å²) >= 11 is 0. The Morgan fingerprint density at radius 2 is 1.67 bits per heavy atom. The van der Waals surface area contributed by atoms with E-state index in [1.54, 1.807) is 0 Å². The molecule has 2 saturated heterocycles. The van der Waals surface area contributed by atoms with E-state index in [9.17, 15) is 0 Å². The highest BCUT2D eigenvalue weighted by Crippen LogP contribution is 2.32. The molecule has 0 amide bonds. The van der Waals surface area contributed by atoms with Gasteiger partial charge in [-0.25, -0.2) is 0 Å². The van der Waals surface area contributed by atoms with Crippen molar-refractivity contribution in [2.24, 2.45) is 5.92 Å². The molecule has 2 fully saturated rings. The highest BCUT2D eigenvalue weighted by molar-refractivity contribution is 4.86. The lowest BCUT2D eigenvalue weighted by Crippen LogP contribution is -2.41. The monoisotopic (exact) mass is 300 g/mol. The molecular weight excluding hydrogens is 268 g/mol. The lowest BCUT2D eigenvalue weighted by Gasteiger charge is -2.37. The predicted molar refractivity (Wildman–Crippen MR) is 82.6 cm³/mol. The Morgan fingerprint density at radius 3 is 2.14 bits per heavy atom. The minimum absolute atomic E-state index is 0.0797. The van der Waals surface area contributed by atoms with Gasteiger partial charge in [0.25, 0.3) is 0 Å². The van der Waals surface area contributed by atoms with Gasteiger partial charge in [-0.2, -0.15) is 0 Å². The van der Waals surface area contributed by atoms with E-state index in [1.807, 2.05) is 0 Å². The van der Waals surface area contributed by atoms with Crippen molar-refractivity contribution in [3.63, 3.8) is 0 Å². The van der Waals surface area contributed by atoms with E-state index in [0.717, 1.165) is 39.1 Å². The van der Waals surface area contributed by atoms with Crippen LogP contribution in [0.25, 0.3) is 0 Å². The van der Waals surface area contributed by atoms with Gasteiger partial charge in [-0.3, -0.25) is 0 Å². The third-order valence-electron chi connectivity index (χ3n) is 5.24. The summed E-state index contributed by atoms with van der Waals surface area (Å²) in [6.07, 6.45) is 3.72. The van der Waals surface area contributed by atoms with E-state index in [1.165, 1.54) is 0 Å². The summed E-state index contributed by atoms with van der Waals surface area (Å²) in [5.41, 5.74) is -0.222. The van der Waals surface area contributed by atoms with Gasteiger partial charge in [0.1, 0.15) is 6.10 Å². The number of hydrogen-bond donors (Lipinski definition) is 0. The highest BCUT2D eigenvalue weighted by Gasteiger charge is 2.37. The zero-order chi connectivity index (χ0) is 15.5. The molecule has 124 valence electrons. The molecule has 2 heterocycles. The molecule has 0 aromatic carbocycles. The maximum absolute atomic E-state index is 6.27. The van der Waals surface area contributed by atoms with Crippen LogP contribution in [0.4, 0.5) is 0 Å². The second-order valence-corrected chi connectivity index (χ2v) is 7.11. The Kier molecular flexibility index (Phi) is 5.69. The van der Waals surface area contributed by atoms with Gasteiger partial charge < -0.3 is 18.9 Å².